The monoisotopic (exact) mass is 1040 g/mol. The van der Waals surface area contributed by atoms with Crippen LogP contribution in [0.4, 0.5) is 0 Å². The number of aliphatic hydroxyl groups is 1. The van der Waals surface area contributed by atoms with Crippen molar-refractivity contribution in [1.82, 2.24) is 0 Å². The number of hydrogen-bond donors (Lipinski definition) is 1. The lowest BCUT2D eigenvalue weighted by atomic mass is 9.67. The molecule has 0 aromatic heterocycles. The van der Waals surface area contributed by atoms with Crippen LogP contribution < -0.4 is 18.9 Å². The third-order valence-corrected chi connectivity index (χ3v) is 17.6. The van der Waals surface area contributed by atoms with Crippen molar-refractivity contribution in [3.8, 4) is 45.3 Å². The Morgan fingerprint density at radius 1 is 0.462 bits per heavy atom. The highest BCUT2D eigenvalue weighted by Gasteiger charge is 2.48. The third-order valence-electron chi connectivity index (χ3n) is 17.6. The molecule has 2 aliphatic carbocycles. The van der Waals surface area contributed by atoms with Crippen LogP contribution in [0.2, 0.25) is 0 Å². The van der Waals surface area contributed by atoms with Crippen LogP contribution in [0.15, 0.2) is 194 Å². The second-order valence-corrected chi connectivity index (χ2v) is 22.8. The summed E-state index contributed by atoms with van der Waals surface area (Å²) in [6.45, 7) is 12.1. The second-order valence-electron chi connectivity index (χ2n) is 22.8. The molecule has 2 heterocycles. The highest BCUT2D eigenvalue weighted by molar-refractivity contribution is 5.87. The molecule has 8 aromatic carbocycles. The first kappa shape index (κ1) is 51.6. The van der Waals surface area contributed by atoms with Crippen molar-refractivity contribution in [2.45, 2.75) is 95.4 Å². The Balaban J connectivity index is 0.773. The molecule has 0 bridgehead atoms. The normalized spacial score (nSPS) is 18.7. The predicted molar refractivity (Wildman–Crippen MR) is 310 cm³/mol. The Morgan fingerprint density at radius 2 is 0.821 bits per heavy atom. The number of fused-ring (bicyclic) bond motifs is 6. The largest absolute Gasteiger partial charge is 0.493 e. The summed E-state index contributed by atoms with van der Waals surface area (Å²) in [5, 5.41) is 12.1. The summed E-state index contributed by atoms with van der Waals surface area (Å²) in [6, 6.07) is 69.6. The van der Waals surface area contributed by atoms with Gasteiger partial charge in [0.25, 0.3) is 0 Å². The summed E-state index contributed by atoms with van der Waals surface area (Å²) in [5.41, 5.74) is 12.8. The van der Waals surface area contributed by atoms with Crippen LogP contribution >= 0.6 is 0 Å². The quantitative estimate of drug-likeness (QED) is 0.0604. The summed E-state index contributed by atoms with van der Waals surface area (Å²) in [6.07, 6.45) is 5.81. The van der Waals surface area contributed by atoms with Gasteiger partial charge in [0.1, 0.15) is 42.3 Å². The molecular weight excluding hydrogens is 965 g/mol. The van der Waals surface area contributed by atoms with Gasteiger partial charge in [-0.15, -0.1) is 0 Å². The molecule has 2 aliphatic heterocycles. The second kappa shape index (κ2) is 21.6. The summed E-state index contributed by atoms with van der Waals surface area (Å²) >= 11 is 0. The topological polar surface area (TPSA) is 82.2 Å². The number of unbranched alkanes of at least 4 members (excludes halogenated alkanes) is 2. The van der Waals surface area contributed by atoms with E-state index in [1.807, 2.05) is 0 Å². The maximum atomic E-state index is 12.1. The van der Waals surface area contributed by atoms with Crippen LogP contribution in [0.3, 0.4) is 0 Å². The molecule has 5 atom stereocenters. The van der Waals surface area contributed by atoms with E-state index < -0.39 is 22.3 Å². The summed E-state index contributed by atoms with van der Waals surface area (Å²) < 4.78 is 37.1. The first-order valence-electron chi connectivity index (χ1n) is 28.4. The Labute approximate surface area is 461 Å². The van der Waals surface area contributed by atoms with Crippen molar-refractivity contribution in [2.75, 3.05) is 39.6 Å². The van der Waals surface area contributed by atoms with Crippen molar-refractivity contribution in [1.29, 1.82) is 0 Å². The molecule has 8 aromatic rings. The average molecular weight is 1040 g/mol. The first-order chi connectivity index (χ1) is 38.2. The van der Waals surface area contributed by atoms with E-state index in [2.05, 4.69) is 222 Å². The van der Waals surface area contributed by atoms with Crippen LogP contribution in [0.25, 0.3) is 22.3 Å². The lowest BCUT2D eigenvalue weighted by molar-refractivity contribution is -0.0302. The van der Waals surface area contributed by atoms with Gasteiger partial charge >= 0.3 is 0 Å². The van der Waals surface area contributed by atoms with E-state index in [-0.39, 0.29) is 24.2 Å². The fourth-order valence-corrected chi connectivity index (χ4v) is 12.8. The van der Waals surface area contributed by atoms with Crippen LogP contribution in [-0.2, 0) is 20.3 Å². The van der Waals surface area contributed by atoms with Crippen molar-refractivity contribution in [2.24, 2.45) is 10.8 Å². The molecule has 2 saturated heterocycles. The van der Waals surface area contributed by atoms with Crippen LogP contribution in [0, 0.1) is 10.8 Å². The zero-order chi connectivity index (χ0) is 53.3. The molecule has 1 N–H and O–H groups in total. The maximum absolute atomic E-state index is 12.1. The highest BCUT2D eigenvalue weighted by Crippen LogP contribution is 2.58. The van der Waals surface area contributed by atoms with E-state index in [1.165, 1.54) is 55.6 Å². The predicted octanol–water partition coefficient (Wildman–Crippen LogP) is 15.2. The minimum atomic E-state index is -0.788. The first-order valence-corrected chi connectivity index (χ1v) is 28.4. The Kier molecular flexibility index (Phi) is 14.3. The van der Waals surface area contributed by atoms with Crippen molar-refractivity contribution in [3.05, 3.63) is 239 Å². The average Bonchev–Trinajstić information content (AvgIpc) is 4.29. The lowest BCUT2D eigenvalue weighted by Crippen LogP contribution is -2.41. The van der Waals surface area contributed by atoms with Gasteiger partial charge in [-0.3, -0.25) is 0 Å². The summed E-state index contributed by atoms with van der Waals surface area (Å²) in [5.74, 6) is 3.16. The summed E-state index contributed by atoms with van der Waals surface area (Å²) in [4.78, 5) is 0. The van der Waals surface area contributed by atoms with Crippen LogP contribution in [0.5, 0.6) is 23.0 Å². The Morgan fingerprint density at radius 3 is 1.21 bits per heavy atom. The molecule has 2 fully saturated rings. The van der Waals surface area contributed by atoms with Crippen molar-refractivity contribution >= 4 is 0 Å². The zero-order valence-corrected chi connectivity index (χ0v) is 45.6. The number of ether oxygens (including phenoxy) is 6. The minimum absolute atomic E-state index is 0.00573. The van der Waals surface area contributed by atoms with Crippen LogP contribution in [0.1, 0.15) is 111 Å². The minimum Gasteiger partial charge on any atom is -0.493 e. The Bertz CT molecular complexity index is 3250. The van der Waals surface area contributed by atoms with Gasteiger partial charge in [-0.2, -0.15) is 0 Å². The third kappa shape index (κ3) is 9.48. The van der Waals surface area contributed by atoms with E-state index >= 15 is 0 Å². The standard InChI is InChI=1S/C71H72O7/c1-5-7-41-68(3,47-77-55-37-29-51(30-38-55)70(49-25-33-53(34-26-49)73-43-57-44-74-57)62-21-13-9-17-58(62)59-18-10-14-22-63(59)70)66(72)45-75-54-35-27-50(28-36-54)71(64-23-15-11-19-60(64)61-20-12-16-24-65(61)71)52-31-39-56(40-32-52)78-48-69(4,42-8-6-2)67-46-76-67/h9-40,57,66-67,72H,5-8,41-48H2,1-4H3. The SMILES string of the molecule is CCCCC(C)(COc1ccc(C2(c3ccc(OCC4CO4)cc3)c3ccccc3-c3ccccc32)cc1)C(O)COc1ccc(C2(c3ccc(OCC(C)(CCCC)C4CO4)cc3)c3ccccc3-c3ccccc32)cc1. The molecule has 0 spiro atoms. The molecule has 398 valence electrons. The van der Waals surface area contributed by atoms with E-state index in [4.69, 9.17) is 28.4 Å². The van der Waals surface area contributed by atoms with Gasteiger partial charge in [-0.05, 0) is 128 Å². The number of benzene rings is 8. The molecule has 0 saturated carbocycles. The fraction of sp³-hybridized carbons (Fsp3) is 0.324. The highest BCUT2D eigenvalue weighted by atomic mass is 16.6. The van der Waals surface area contributed by atoms with E-state index in [1.54, 1.807) is 0 Å². The van der Waals surface area contributed by atoms with Gasteiger partial charge in [-0.25, -0.2) is 0 Å². The van der Waals surface area contributed by atoms with Gasteiger partial charge in [0.05, 0.1) is 49.5 Å². The van der Waals surface area contributed by atoms with Gasteiger partial charge < -0.3 is 33.5 Å². The summed E-state index contributed by atoms with van der Waals surface area (Å²) in [7, 11) is 0. The lowest BCUT2D eigenvalue weighted by Gasteiger charge is -2.35. The molecular formula is C71H72O7. The molecule has 7 nitrogen and oxygen atoms in total. The van der Waals surface area contributed by atoms with E-state index in [0.29, 0.717) is 25.6 Å². The molecule has 0 radical (unpaired) electrons. The molecule has 0 amide bonds. The van der Waals surface area contributed by atoms with Gasteiger partial charge in [-0.1, -0.05) is 199 Å². The van der Waals surface area contributed by atoms with Crippen LogP contribution in [-0.4, -0.2) is 63.1 Å². The Hall–Kier alpha value is -7.16. The molecule has 12 rings (SSSR count). The number of rotatable bonds is 24. The molecule has 4 aliphatic rings. The smallest absolute Gasteiger partial charge is 0.119 e. The van der Waals surface area contributed by atoms with Gasteiger partial charge in [0.15, 0.2) is 0 Å². The zero-order valence-electron chi connectivity index (χ0n) is 45.6. The number of hydrogen-bond acceptors (Lipinski definition) is 7. The molecule has 5 unspecified atom stereocenters. The van der Waals surface area contributed by atoms with E-state index in [9.17, 15) is 5.11 Å². The van der Waals surface area contributed by atoms with Gasteiger partial charge in [0, 0.05) is 10.8 Å². The van der Waals surface area contributed by atoms with Gasteiger partial charge in [0.2, 0.25) is 0 Å². The number of epoxide rings is 2. The van der Waals surface area contributed by atoms with Crippen molar-refractivity contribution in [3.63, 3.8) is 0 Å². The maximum Gasteiger partial charge on any atom is 0.119 e. The van der Waals surface area contributed by atoms with E-state index in [0.717, 1.165) is 80.1 Å². The molecule has 78 heavy (non-hydrogen) atoms. The van der Waals surface area contributed by atoms with Crippen molar-refractivity contribution < 1.29 is 33.5 Å². The fourth-order valence-electron chi connectivity index (χ4n) is 12.8. The number of aliphatic hydroxyl groups excluding tert-OH is 1. The molecule has 7 heteroatoms.